The summed E-state index contributed by atoms with van der Waals surface area (Å²) in [6, 6.07) is 5.30. The van der Waals surface area contributed by atoms with Crippen LogP contribution < -0.4 is 0 Å². The first-order valence-electron chi connectivity index (χ1n) is 4.22. The van der Waals surface area contributed by atoms with Crippen molar-refractivity contribution < 1.29 is 8.78 Å². The highest BCUT2D eigenvalue weighted by Crippen LogP contribution is 2.24. The van der Waals surface area contributed by atoms with Crippen molar-refractivity contribution in [3.05, 3.63) is 53.3 Å². The molecule has 0 unspecified atom stereocenters. The van der Waals surface area contributed by atoms with Gasteiger partial charge in [0.25, 0.3) is 0 Å². The molecule has 0 radical (unpaired) electrons. The molecule has 0 atom stereocenters. The smallest absolute Gasteiger partial charge is 0.142 e. The minimum Gasteiger partial charge on any atom is -0.261 e. The summed E-state index contributed by atoms with van der Waals surface area (Å²) < 4.78 is 25.9. The van der Waals surface area contributed by atoms with Gasteiger partial charge in [0.05, 0.1) is 6.20 Å². The van der Waals surface area contributed by atoms with Gasteiger partial charge < -0.3 is 0 Å². The van der Waals surface area contributed by atoms with Gasteiger partial charge in [0, 0.05) is 16.8 Å². The molecule has 1 heterocycles. The second-order valence-electron chi connectivity index (χ2n) is 3.05. The Kier molecular flexibility index (Phi) is 2.64. The molecule has 0 aliphatic heterocycles. The molecule has 0 fully saturated rings. The molecule has 0 N–H and O–H groups in total. The maximum absolute atomic E-state index is 13.0. The van der Waals surface area contributed by atoms with Gasteiger partial charge in [0.1, 0.15) is 11.6 Å². The summed E-state index contributed by atoms with van der Waals surface area (Å²) in [4.78, 5) is 3.68. The van der Waals surface area contributed by atoms with E-state index in [-0.39, 0.29) is 5.02 Å². The fourth-order valence-electron chi connectivity index (χ4n) is 1.29. The van der Waals surface area contributed by atoms with Gasteiger partial charge in [0.2, 0.25) is 0 Å². The standard InChI is InChI=1S/C11H6ClF2N/c12-9-1-7(2-10(13)4-9)8-3-11(14)6-15-5-8/h1-6H. The SMILES string of the molecule is Fc1cncc(-c2cc(F)cc(Cl)c2)c1. The van der Waals surface area contributed by atoms with Crippen molar-refractivity contribution in [2.45, 2.75) is 0 Å². The van der Waals surface area contributed by atoms with Crippen LogP contribution in [0.15, 0.2) is 36.7 Å². The zero-order valence-corrected chi connectivity index (χ0v) is 8.30. The summed E-state index contributed by atoms with van der Waals surface area (Å²) in [6.07, 6.45) is 2.54. The quantitative estimate of drug-likeness (QED) is 0.722. The molecular weight excluding hydrogens is 220 g/mol. The van der Waals surface area contributed by atoms with Crippen LogP contribution in [0.2, 0.25) is 5.02 Å². The highest BCUT2D eigenvalue weighted by molar-refractivity contribution is 6.30. The second kappa shape index (κ2) is 3.95. The van der Waals surface area contributed by atoms with Crippen LogP contribution in [0.25, 0.3) is 11.1 Å². The van der Waals surface area contributed by atoms with E-state index in [4.69, 9.17) is 11.6 Å². The fraction of sp³-hybridized carbons (Fsp3) is 0. The summed E-state index contributed by atoms with van der Waals surface area (Å²) in [5, 5.41) is 0.272. The Morgan fingerprint density at radius 1 is 0.867 bits per heavy atom. The molecule has 2 aromatic rings. The maximum atomic E-state index is 13.0. The minimum atomic E-state index is -0.465. The van der Waals surface area contributed by atoms with E-state index in [2.05, 4.69) is 4.98 Å². The van der Waals surface area contributed by atoms with Gasteiger partial charge in [-0.25, -0.2) is 8.78 Å². The number of hydrogen-bond acceptors (Lipinski definition) is 1. The van der Waals surface area contributed by atoms with E-state index in [9.17, 15) is 8.78 Å². The Morgan fingerprint density at radius 3 is 2.27 bits per heavy atom. The van der Waals surface area contributed by atoms with Crippen LogP contribution in [-0.2, 0) is 0 Å². The van der Waals surface area contributed by atoms with Crippen molar-refractivity contribution in [1.82, 2.24) is 4.98 Å². The van der Waals surface area contributed by atoms with Crippen molar-refractivity contribution in [2.75, 3.05) is 0 Å². The average Bonchev–Trinajstić information content (AvgIpc) is 2.16. The molecule has 15 heavy (non-hydrogen) atoms. The Hall–Kier alpha value is -1.48. The molecule has 1 aromatic heterocycles. The molecule has 0 saturated carbocycles. The number of aromatic nitrogens is 1. The lowest BCUT2D eigenvalue weighted by atomic mass is 10.1. The first-order valence-corrected chi connectivity index (χ1v) is 4.60. The molecule has 0 bridgehead atoms. The first kappa shape index (κ1) is 10.1. The lowest BCUT2D eigenvalue weighted by molar-refractivity contribution is 0.621. The topological polar surface area (TPSA) is 12.9 Å². The number of rotatable bonds is 1. The van der Waals surface area contributed by atoms with Gasteiger partial charge in [0.15, 0.2) is 0 Å². The third kappa shape index (κ3) is 2.30. The van der Waals surface area contributed by atoms with Gasteiger partial charge >= 0.3 is 0 Å². The van der Waals surface area contributed by atoms with Crippen molar-refractivity contribution in [3.8, 4) is 11.1 Å². The number of nitrogens with zero attached hydrogens (tertiary/aromatic N) is 1. The molecule has 0 amide bonds. The van der Waals surface area contributed by atoms with E-state index >= 15 is 0 Å². The zero-order chi connectivity index (χ0) is 10.8. The van der Waals surface area contributed by atoms with E-state index in [0.29, 0.717) is 11.1 Å². The predicted molar refractivity (Wildman–Crippen MR) is 54.6 cm³/mol. The summed E-state index contributed by atoms with van der Waals surface area (Å²) >= 11 is 5.69. The lowest BCUT2D eigenvalue weighted by Crippen LogP contribution is -1.84. The normalized spacial score (nSPS) is 10.3. The molecule has 0 spiro atoms. The number of hydrogen-bond donors (Lipinski definition) is 0. The molecule has 0 aliphatic rings. The lowest BCUT2D eigenvalue weighted by Gasteiger charge is -2.02. The highest BCUT2D eigenvalue weighted by Gasteiger charge is 2.03. The van der Waals surface area contributed by atoms with Crippen LogP contribution in [-0.4, -0.2) is 4.98 Å². The number of pyridine rings is 1. The Labute approximate surface area is 90.3 Å². The Bertz CT molecular complexity index is 479. The monoisotopic (exact) mass is 225 g/mol. The van der Waals surface area contributed by atoms with Crippen LogP contribution in [0.4, 0.5) is 8.78 Å². The molecule has 1 aromatic carbocycles. The third-order valence-corrected chi connectivity index (χ3v) is 2.12. The minimum absolute atomic E-state index is 0.272. The molecule has 4 heteroatoms. The Balaban J connectivity index is 2.54. The summed E-state index contributed by atoms with van der Waals surface area (Å²) in [6.45, 7) is 0. The predicted octanol–water partition coefficient (Wildman–Crippen LogP) is 3.68. The van der Waals surface area contributed by atoms with E-state index in [0.717, 1.165) is 6.20 Å². The highest BCUT2D eigenvalue weighted by atomic mass is 35.5. The van der Waals surface area contributed by atoms with Crippen LogP contribution in [0, 0.1) is 11.6 Å². The van der Waals surface area contributed by atoms with E-state index in [1.807, 2.05) is 0 Å². The van der Waals surface area contributed by atoms with E-state index in [1.54, 1.807) is 6.07 Å². The molecule has 2 rings (SSSR count). The van der Waals surface area contributed by atoms with Gasteiger partial charge in [-0.3, -0.25) is 4.98 Å². The van der Waals surface area contributed by atoms with E-state index in [1.165, 1.54) is 24.4 Å². The van der Waals surface area contributed by atoms with Gasteiger partial charge in [-0.05, 0) is 29.8 Å². The van der Waals surface area contributed by atoms with Gasteiger partial charge in [-0.1, -0.05) is 11.6 Å². The van der Waals surface area contributed by atoms with Crippen molar-refractivity contribution >= 4 is 11.6 Å². The van der Waals surface area contributed by atoms with Gasteiger partial charge in [-0.2, -0.15) is 0 Å². The molecule has 0 saturated heterocycles. The first-order chi connectivity index (χ1) is 7.15. The van der Waals surface area contributed by atoms with Crippen molar-refractivity contribution in [3.63, 3.8) is 0 Å². The second-order valence-corrected chi connectivity index (χ2v) is 3.49. The molecular formula is C11H6ClF2N. The molecule has 0 aliphatic carbocycles. The van der Waals surface area contributed by atoms with Crippen LogP contribution in [0.1, 0.15) is 0 Å². The van der Waals surface area contributed by atoms with Crippen molar-refractivity contribution in [2.24, 2.45) is 0 Å². The third-order valence-electron chi connectivity index (χ3n) is 1.90. The molecule has 76 valence electrons. The van der Waals surface area contributed by atoms with Crippen LogP contribution >= 0.6 is 11.6 Å². The molecule has 1 nitrogen and oxygen atoms in total. The zero-order valence-electron chi connectivity index (χ0n) is 7.55. The Morgan fingerprint density at radius 2 is 1.60 bits per heavy atom. The van der Waals surface area contributed by atoms with Crippen LogP contribution in [0.3, 0.4) is 0 Å². The van der Waals surface area contributed by atoms with E-state index < -0.39 is 11.6 Å². The number of benzene rings is 1. The number of halogens is 3. The van der Waals surface area contributed by atoms with Crippen LogP contribution in [0.5, 0.6) is 0 Å². The summed E-state index contributed by atoms with van der Waals surface area (Å²) in [5.41, 5.74) is 1.00. The van der Waals surface area contributed by atoms with Gasteiger partial charge in [-0.15, -0.1) is 0 Å². The fourth-order valence-corrected chi connectivity index (χ4v) is 1.51. The maximum Gasteiger partial charge on any atom is 0.142 e. The summed E-state index contributed by atoms with van der Waals surface area (Å²) in [7, 11) is 0. The summed E-state index contributed by atoms with van der Waals surface area (Å²) in [5.74, 6) is -0.922. The van der Waals surface area contributed by atoms with Crippen molar-refractivity contribution in [1.29, 1.82) is 0 Å². The average molecular weight is 226 g/mol. The largest absolute Gasteiger partial charge is 0.261 e.